The fourth-order valence-corrected chi connectivity index (χ4v) is 3.50. The molecule has 2 unspecified atom stereocenters. The van der Waals surface area contributed by atoms with Crippen molar-refractivity contribution in [3.05, 3.63) is 59.7 Å². The summed E-state index contributed by atoms with van der Waals surface area (Å²) in [5, 5.41) is 25.0. The molecule has 0 saturated carbocycles. The van der Waals surface area contributed by atoms with Crippen molar-refractivity contribution in [1.29, 1.82) is 0 Å². The molecule has 2 atom stereocenters. The van der Waals surface area contributed by atoms with Gasteiger partial charge in [0, 0.05) is 18.0 Å². The summed E-state index contributed by atoms with van der Waals surface area (Å²) in [6.07, 6.45) is 4.94. The van der Waals surface area contributed by atoms with Crippen LogP contribution in [-0.2, 0) is 20.7 Å². The van der Waals surface area contributed by atoms with Crippen molar-refractivity contribution in [2.24, 2.45) is 0 Å². The highest BCUT2D eigenvalue weighted by Gasteiger charge is 2.37. The monoisotopic (exact) mass is 509 g/mol. The number of benzene rings is 2. The summed E-state index contributed by atoms with van der Waals surface area (Å²) in [5.41, 5.74) is -0.556. The predicted octanol–water partition coefficient (Wildman–Crippen LogP) is 3.61. The van der Waals surface area contributed by atoms with E-state index >= 15 is 0 Å². The number of nitrogens with one attached hydrogen (secondary N) is 2. The molecule has 9 nitrogen and oxygen atoms in total. The summed E-state index contributed by atoms with van der Waals surface area (Å²) in [4.78, 5) is 40.7. The van der Waals surface area contributed by atoms with Gasteiger partial charge in [-0.25, -0.2) is 4.79 Å². The fraction of sp³-hybridized carbons (Fsp3) is 0.393. The topological polar surface area (TPSA) is 128 Å². The van der Waals surface area contributed by atoms with Gasteiger partial charge in [-0.3, -0.25) is 14.5 Å². The minimum absolute atomic E-state index is 0.00415. The molecule has 0 spiro atoms. The van der Waals surface area contributed by atoms with Crippen molar-refractivity contribution in [2.75, 3.05) is 0 Å². The van der Waals surface area contributed by atoms with Crippen LogP contribution in [0.5, 0.6) is 11.5 Å². The Morgan fingerprint density at radius 1 is 1.00 bits per heavy atom. The Morgan fingerprint density at radius 3 is 2.14 bits per heavy atom. The quantitative estimate of drug-likeness (QED) is 0.334. The van der Waals surface area contributed by atoms with E-state index in [-0.39, 0.29) is 23.5 Å². The average molecular weight is 510 g/mol. The first-order chi connectivity index (χ1) is 17.1. The second-order valence-corrected chi connectivity index (χ2v) is 10.6. The highest BCUT2D eigenvalue weighted by Crippen LogP contribution is 2.26. The van der Waals surface area contributed by atoms with E-state index in [1.54, 1.807) is 59.7 Å². The Morgan fingerprint density at radius 2 is 1.62 bits per heavy atom. The summed E-state index contributed by atoms with van der Waals surface area (Å²) < 4.78 is 5.34. The lowest BCUT2D eigenvalue weighted by Gasteiger charge is -2.32. The van der Waals surface area contributed by atoms with Crippen LogP contribution >= 0.6 is 0 Å². The van der Waals surface area contributed by atoms with Gasteiger partial charge < -0.3 is 25.6 Å². The molecule has 37 heavy (non-hydrogen) atoms. The third kappa shape index (κ3) is 9.08. The Bertz CT molecular complexity index is 1160. The summed E-state index contributed by atoms with van der Waals surface area (Å²) in [5.74, 6) is -1.37. The largest absolute Gasteiger partial charge is 0.508 e. The van der Waals surface area contributed by atoms with Gasteiger partial charge in [-0.2, -0.15) is 0 Å². The van der Waals surface area contributed by atoms with E-state index in [4.69, 9.17) is 11.2 Å². The third-order valence-corrected chi connectivity index (χ3v) is 4.93. The number of hydrogen-bond donors (Lipinski definition) is 4. The molecule has 0 aromatic heterocycles. The van der Waals surface area contributed by atoms with Crippen LogP contribution in [0.2, 0.25) is 0 Å². The van der Waals surface area contributed by atoms with Crippen LogP contribution in [-0.4, -0.2) is 50.2 Å². The van der Waals surface area contributed by atoms with Gasteiger partial charge in [-0.05, 0) is 76.9 Å². The number of terminal acetylenes is 1. The molecule has 2 aromatic carbocycles. The number of ether oxygens (including phenoxy) is 1. The van der Waals surface area contributed by atoms with Crippen LogP contribution in [0.3, 0.4) is 0 Å². The maximum atomic E-state index is 13.8. The first kappa shape index (κ1) is 29.0. The molecule has 0 aliphatic rings. The summed E-state index contributed by atoms with van der Waals surface area (Å²) in [7, 11) is 0. The lowest BCUT2D eigenvalue weighted by molar-refractivity contribution is -0.139. The number of aromatic hydroxyl groups is 2. The van der Waals surface area contributed by atoms with Gasteiger partial charge in [0.1, 0.15) is 29.2 Å². The summed E-state index contributed by atoms with van der Waals surface area (Å²) in [6, 6.07) is 11.8. The molecule has 198 valence electrons. The number of carbonyl (C=O) groups excluding carboxylic acids is 3. The number of phenolic OH excluding ortho intramolecular Hbond substituents is 2. The van der Waals surface area contributed by atoms with E-state index in [1.807, 2.05) is 0 Å². The van der Waals surface area contributed by atoms with Crippen LogP contribution in [0.1, 0.15) is 58.7 Å². The van der Waals surface area contributed by atoms with E-state index in [0.717, 1.165) is 4.90 Å². The molecule has 9 heteroatoms. The number of rotatable bonds is 7. The SMILES string of the molecule is C#CN(C(=O)C(Cc1ccc(O)cc1)NC(=O)OC(C)(C)C)C(C(=O)NC(C)(C)C)c1cccc(O)c1. The van der Waals surface area contributed by atoms with Crippen LogP contribution < -0.4 is 10.6 Å². The average Bonchev–Trinajstić information content (AvgIpc) is 2.75. The first-order valence-corrected chi connectivity index (χ1v) is 11.8. The molecule has 0 saturated heterocycles. The van der Waals surface area contributed by atoms with Crippen molar-refractivity contribution in [3.8, 4) is 24.0 Å². The zero-order valence-electron chi connectivity index (χ0n) is 22.0. The maximum Gasteiger partial charge on any atom is 0.408 e. The Kier molecular flexibility index (Phi) is 9.18. The number of nitrogens with zero attached hydrogens (tertiary/aromatic N) is 1. The number of alkyl carbamates (subject to hydrolysis) is 1. The smallest absolute Gasteiger partial charge is 0.408 e. The fourth-order valence-electron chi connectivity index (χ4n) is 3.50. The van der Waals surface area contributed by atoms with E-state index in [2.05, 4.69) is 16.7 Å². The van der Waals surface area contributed by atoms with Crippen LogP contribution in [0.4, 0.5) is 4.79 Å². The second-order valence-electron chi connectivity index (χ2n) is 10.6. The predicted molar refractivity (Wildman–Crippen MR) is 139 cm³/mol. The minimum Gasteiger partial charge on any atom is -0.508 e. The van der Waals surface area contributed by atoms with Gasteiger partial charge in [0.15, 0.2) is 0 Å². The summed E-state index contributed by atoms with van der Waals surface area (Å²) >= 11 is 0. The Hall–Kier alpha value is -4.19. The van der Waals surface area contributed by atoms with Crippen molar-refractivity contribution < 1.29 is 29.3 Å². The zero-order valence-corrected chi connectivity index (χ0v) is 22.0. The summed E-state index contributed by atoms with van der Waals surface area (Å²) in [6.45, 7) is 10.4. The van der Waals surface area contributed by atoms with E-state index in [1.165, 1.54) is 30.3 Å². The molecular weight excluding hydrogens is 474 g/mol. The molecule has 4 N–H and O–H groups in total. The third-order valence-electron chi connectivity index (χ3n) is 4.93. The van der Waals surface area contributed by atoms with Crippen molar-refractivity contribution >= 4 is 17.9 Å². The molecule has 0 fully saturated rings. The second kappa shape index (κ2) is 11.7. The van der Waals surface area contributed by atoms with Crippen LogP contribution in [0.15, 0.2) is 48.5 Å². The molecule has 0 bridgehead atoms. The number of hydrogen-bond acceptors (Lipinski definition) is 6. The number of carbonyl (C=O) groups is 3. The number of phenols is 2. The van der Waals surface area contributed by atoms with Gasteiger partial charge in [0.05, 0.1) is 0 Å². The molecule has 3 amide bonds. The zero-order chi connectivity index (χ0) is 28.0. The Labute approximate surface area is 217 Å². The van der Waals surface area contributed by atoms with Crippen molar-refractivity contribution in [3.63, 3.8) is 0 Å². The highest BCUT2D eigenvalue weighted by atomic mass is 16.6. The van der Waals surface area contributed by atoms with Crippen molar-refractivity contribution in [1.82, 2.24) is 15.5 Å². The van der Waals surface area contributed by atoms with Crippen LogP contribution in [0, 0.1) is 12.5 Å². The molecule has 0 aliphatic heterocycles. The van der Waals surface area contributed by atoms with E-state index < -0.39 is 41.1 Å². The van der Waals surface area contributed by atoms with Gasteiger partial charge in [0.2, 0.25) is 5.91 Å². The van der Waals surface area contributed by atoms with Gasteiger partial charge >= 0.3 is 6.09 Å². The minimum atomic E-state index is -1.30. The van der Waals surface area contributed by atoms with Crippen molar-refractivity contribution in [2.45, 2.75) is 71.2 Å². The molecule has 0 aliphatic carbocycles. The molecule has 2 rings (SSSR count). The molecular formula is C28H35N3O6. The lowest BCUT2D eigenvalue weighted by Crippen LogP contribution is -2.53. The molecule has 0 heterocycles. The first-order valence-electron chi connectivity index (χ1n) is 11.8. The van der Waals surface area contributed by atoms with E-state index in [0.29, 0.717) is 5.56 Å². The maximum absolute atomic E-state index is 13.8. The lowest BCUT2D eigenvalue weighted by atomic mass is 9.99. The number of amides is 3. The molecule has 0 radical (unpaired) electrons. The Balaban J connectivity index is 2.51. The molecule has 2 aromatic rings. The van der Waals surface area contributed by atoms with Gasteiger partial charge in [-0.15, -0.1) is 0 Å². The standard InChI is InChI=1S/C28H35N3O6/c1-8-31(23(24(34)30-27(2,3)4)19-10-9-11-21(33)17-19)25(35)22(29-26(36)37-28(5,6)7)16-18-12-14-20(32)15-13-18/h1,9-15,17,22-23,32-33H,16H2,2-7H3,(H,29,36)(H,30,34). The highest BCUT2D eigenvalue weighted by molar-refractivity contribution is 5.93. The van der Waals surface area contributed by atoms with Crippen LogP contribution in [0.25, 0.3) is 0 Å². The van der Waals surface area contributed by atoms with E-state index in [9.17, 15) is 24.6 Å². The van der Waals surface area contributed by atoms with Gasteiger partial charge in [0.25, 0.3) is 5.91 Å². The van der Waals surface area contributed by atoms with Gasteiger partial charge in [-0.1, -0.05) is 30.7 Å². The normalized spacial score (nSPS) is 13.0.